The number of aromatic carboxylic acids is 1. The van der Waals surface area contributed by atoms with Gasteiger partial charge >= 0.3 is 5.97 Å². The summed E-state index contributed by atoms with van der Waals surface area (Å²) in [7, 11) is 0. The molecule has 2 atom stereocenters. The summed E-state index contributed by atoms with van der Waals surface area (Å²) in [5.41, 5.74) is 1.15. The van der Waals surface area contributed by atoms with Crippen LogP contribution in [-0.2, 0) is 16.6 Å². The van der Waals surface area contributed by atoms with Crippen LogP contribution in [-0.4, -0.2) is 45.7 Å². The van der Waals surface area contributed by atoms with E-state index in [2.05, 4.69) is 0 Å². The van der Waals surface area contributed by atoms with Gasteiger partial charge in [-0.1, -0.05) is 55.3 Å². The molecule has 0 aromatic heterocycles. The van der Waals surface area contributed by atoms with Crippen molar-refractivity contribution in [3.63, 3.8) is 0 Å². The van der Waals surface area contributed by atoms with Gasteiger partial charge in [0.1, 0.15) is 5.82 Å². The summed E-state index contributed by atoms with van der Waals surface area (Å²) in [6.45, 7) is 0.523. The van der Waals surface area contributed by atoms with Crippen molar-refractivity contribution in [2.75, 3.05) is 6.54 Å². The van der Waals surface area contributed by atoms with E-state index in [0.717, 1.165) is 31.2 Å². The maximum absolute atomic E-state index is 14.6. The molecule has 33 heavy (non-hydrogen) atoms. The Morgan fingerprint density at radius 1 is 1.15 bits per heavy atom. The predicted octanol–water partition coefficient (Wildman–Crippen LogP) is 4.49. The molecule has 2 aromatic carbocycles. The third kappa shape index (κ3) is 4.86. The van der Waals surface area contributed by atoms with E-state index in [1.807, 2.05) is 17.0 Å². The molecule has 1 heterocycles. The van der Waals surface area contributed by atoms with Gasteiger partial charge in [0.15, 0.2) is 0 Å². The summed E-state index contributed by atoms with van der Waals surface area (Å²) in [6.07, 6.45) is 7.99. The standard InChI is InChI=1S/C27H30FNO4/c28-23-6-2-1-5-22(23)27(16-3-4-17-27)24(30)13-11-21-12-14-25(31)29(21)18-15-19-7-9-20(10-8-19)26(32)33/h1-2,5-11,13,21,24,30H,3-4,12,14-18H2,(H,32,33)/t21-,24?/m0/s1. The van der Waals surface area contributed by atoms with Crippen LogP contribution in [0.1, 0.15) is 60.0 Å². The smallest absolute Gasteiger partial charge is 0.335 e. The maximum Gasteiger partial charge on any atom is 0.335 e. The van der Waals surface area contributed by atoms with Crippen molar-refractivity contribution in [2.24, 2.45) is 0 Å². The Labute approximate surface area is 193 Å². The monoisotopic (exact) mass is 451 g/mol. The largest absolute Gasteiger partial charge is 0.478 e. The normalized spacial score (nSPS) is 21.1. The topological polar surface area (TPSA) is 77.8 Å². The maximum atomic E-state index is 14.6. The fraction of sp³-hybridized carbons (Fsp3) is 0.407. The average molecular weight is 452 g/mol. The van der Waals surface area contributed by atoms with Gasteiger partial charge in [-0.3, -0.25) is 4.79 Å². The molecular formula is C27H30FNO4. The van der Waals surface area contributed by atoms with E-state index in [4.69, 9.17) is 5.11 Å². The van der Waals surface area contributed by atoms with Crippen LogP contribution in [0.5, 0.6) is 0 Å². The number of aliphatic hydroxyl groups excluding tert-OH is 1. The highest BCUT2D eigenvalue weighted by Crippen LogP contribution is 2.45. The number of benzene rings is 2. The first-order chi connectivity index (χ1) is 15.9. The van der Waals surface area contributed by atoms with Gasteiger partial charge in [-0.25, -0.2) is 9.18 Å². The van der Waals surface area contributed by atoms with Crippen LogP contribution in [0, 0.1) is 5.82 Å². The fourth-order valence-electron chi connectivity index (χ4n) is 5.32. The summed E-state index contributed by atoms with van der Waals surface area (Å²) in [6, 6.07) is 13.3. The van der Waals surface area contributed by atoms with Crippen LogP contribution in [0.15, 0.2) is 60.7 Å². The molecule has 2 aromatic rings. The molecule has 1 unspecified atom stereocenters. The van der Waals surface area contributed by atoms with Gasteiger partial charge in [0.05, 0.1) is 17.7 Å². The number of carbonyl (C=O) groups excluding carboxylic acids is 1. The second-order valence-electron chi connectivity index (χ2n) is 9.12. The number of hydrogen-bond donors (Lipinski definition) is 2. The number of carboxylic acid groups (broad SMARTS) is 1. The minimum atomic E-state index is -0.963. The first-order valence-electron chi connectivity index (χ1n) is 11.6. The zero-order valence-corrected chi connectivity index (χ0v) is 18.6. The van der Waals surface area contributed by atoms with Crippen molar-refractivity contribution in [3.05, 3.63) is 83.2 Å². The predicted molar refractivity (Wildman–Crippen MR) is 124 cm³/mol. The number of amides is 1. The Bertz CT molecular complexity index is 1030. The molecule has 4 rings (SSSR count). The molecule has 1 saturated carbocycles. The SMILES string of the molecule is O=C(O)c1ccc(CCN2C(=O)CC[C@@H]2C=CC(O)C2(c3ccccc3F)CCCC2)cc1. The molecule has 0 radical (unpaired) electrons. The van der Waals surface area contributed by atoms with Crippen molar-refractivity contribution in [2.45, 2.75) is 62.5 Å². The van der Waals surface area contributed by atoms with Crippen LogP contribution < -0.4 is 0 Å². The molecule has 1 amide bonds. The molecule has 0 bridgehead atoms. The van der Waals surface area contributed by atoms with Crippen LogP contribution >= 0.6 is 0 Å². The molecule has 1 saturated heterocycles. The summed E-state index contributed by atoms with van der Waals surface area (Å²) in [4.78, 5) is 25.3. The first-order valence-corrected chi connectivity index (χ1v) is 11.6. The number of carboxylic acids is 1. The van der Waals surface area contributed by atoms with Crippen LogP contribution in [0.3, 0.4) is 0 Å². The van der Waals surface area contributed by atoms with Gasteiger partial charge in [-0.05, 0) is 55.0 Å². The second kappa shape index (κ2) is 9.87. The van der Waals surface area contributed by atoms with E-state index >= 15 is 0 Å². The molecule has 6 heteroatoms. The number of likely N-dealkylation sites (tertiary alicyclic amines) is 1. The van der Waals surface area contributed by atoms with Crippen molar-refractivity contribution in [1.82, 2.24) is 4.90 Å². The molecule has 174 valence electrons. The van der Waals surface area contributed by atoms with E-state index in [-0.39, 0.29) is 23.3 Å². The summed E-state index contributed by atoms with van der Waals surface area (Å²) in [5.74, 6) is -1.17. The van der Waals surface area contributed by atoms with E-state index in [1.54, 1.807) is 42.5 Å². The lowest BCUT2D eigenvalue weighted by molar-refractivity contribution is -0.128. The Morgan fingerprint density at radius 3 is 2.52 bits per heavy atom. The van der Waals surface area contributed by atoms with Gasteiger partial charge in [0, 0.05) is 18.4 Å². The third-order valence-corrected chi connectivity index (χ3v) is 7.20. The lowest BCUT2D eigenvalue weighted by Crippen LogP contribution is -2.38. The van der Waals surface area contributed by atoms with Crippen molar-refractivity contribution in [3.8, 4) is 0 Å². The van der Waals surface area contributed by atoms with Crippen molar-refractivity contribution >= 4 is 11.9 Å². The number of rotatable bonds is 8. The zero-order valence-electron chi connectivity index (χ0n) is 18.6. The van der Waals surface area contributed by atoms with Crippen LogP contribution in [0.4, 0.5) is 4.39 Å². The van der Waals surface area contributed by atoms with Crippen LogP contribution in [0.2, 0.25) is 0 Å². The highest BCUT2D eigenvalue weighted by Gasteiger charge is 2.43. The molecule has 1 aliphatic heterocycles. The lowest BCUT2D eigenvalue weighted by Gasteiger charge is -2.34. The summed E-state index contributed by atoms with van der Waals surface area (Å²) in [5, 5.41) is 20.2. The quantitative estimate of drug-likeness (QED) is 0.580. The van der Waals surface area contributed by atoms with E-state index in [9.17, 15) is 19.1 Å². The highest BCUT2D eigenvalue weighted by molar-refractivity contribution is 5.87. The Morgan fingerprint density at radius 2 is 1.85 bits per heavy atom. The van der Waals surface area contributed by atoms with Crippen molar-refractivity contribution < 1.29 is 24.2 Å². The Kier molecular flexibility index (Phi) is 6.94. The second-order valence-corrected chi connectivity index (χ2v) is 9.12. The molecular weight excluding hydrogens is 421 g/mol. The molecule has 0 spiro atoms. The van der Waals surface area contributed by atoms with Crippen LogP contribution in [0.25, 0.3) is 0 Å². The highest BCUT2D eigenvalue weighted by atomic mass is 19.1. The molecule has 5 nitrogen and oxygen atoms in total. The molecule has 2 aliphatic rings. The zero-order chi connectivity index (χ0) is 23.4. The van der Waals surface area contributed by atoms with E-state index in [1.165, 1.54) is 6.07 Å². The van der Waals surface area contributed by atoms with Crippen molar-refractivity contribution in [1.29, 1.82) is 0 Å². The number of carbonyl (C=O) groups is 2. The molecule has 2 N–H and O–H groups in total. The Hall–Kier alpha value is -2.99. The van der Waals surface area contributed by atoms with Gasteiger partial charge in [-0.15, -0.1) is 0 Å². The summed E-state index contributed by atoms with van der Waals surface area (Å²) < 4.78 is 14.6. The molecule has 2 fully saturated rings. The Balaban J connectivity index is 1.45. The van der Waals surface area contributed by atoms with E-state index < -0.39 is 17.5 Å². The van der Waals surface area contributed by atoms with Gasteiger partial charge in [-0.2, -0.15) is 0 Å². The number of aliphatic hydroxyl groups is 1. The van der Waals surface area contributed by atoms with Gasteiger partial charge < -0.3 is 15.1 Å². The van der Waals surface area contributed by atoms with Gasteiger partial charge in [0.25, 0.3) is 0 Å². The third-order valence-electron chi connectivity index (χ3n) is 7.20. The van der Waals surface area contributed by atoms with E-state index in [0.29, 0.717) is 31.4 Å². The first kappa shape index (κ1) is 23.2. The number of nitrogens with zero attached hydrogens (tertiary/aromatic N) is 1. The minimum Gasteiger partial charge on any atom is -0.478 e. The minimum absolute atomic E-state index is 0.0750. The average Bonchev–Trinajstić information content (AvgIpc) is 3.44. The summed E-state index contributed by atoms with van der Waals surface area (Å²) >= 11 is 0. The number of hydrogen-bond acceptors (Lipinski definition) is 3. The van der Waals surface area contributed by atoms with Gasteiger partial charge in [0.2, 0.25) is 5.91 Å². The molecule has 1 aliphatic carbocycles. The lowest BCUT2D eigenvalue weighted by atomic mass is 9.73. The fourth-order valence-corrected chi connectivity index (χ4v) is 5.32. The number of halogens is 1.